The van der Waals surface area contributed by atoms with Crippen molar-refractivity contribution in [3.8, 4) is 50.5 Å². The van der Waals surface area contributed by atoms with Gasteiger partial charge in [-0.3, -0.25) is 4.57 Å². The molecule has 0 radical (unpaired) electrons. The number of aromatic nitrogens is 2. The minimum Gasteiger partial charge on any atom is -0.292 e. The van der Waals surface area contributed by atoms with Crippen molar-refractivity contribution in [2.45, 2.75) is 6.92 Å². The number of aryl methyl sites for hydroxylation is 1. The van der Waals surface area contributed by atoms with Crippen molar-refractivity contribution >= 4 is 55.5 Å². The normalized spacial score (nSPS) is 11.4. The van der Waals surface area contributed by atoms with Crippen molar-refractivity contribution in [2.75, 3.05) is 0 Å². The van der Waals surface area contributed by atoms with Gasteiger partial charge in [-0.1, -0.05) is 171 Å². The molecule has 10 aromatic rings. The van der Waals surface area contributed by atoms with Crippen molar-refractivity contribution in [1.29, 1.82) is 0 Å². The molecular formula is C54H38N2. The summed E-state index contributed by atoms with van der Waals surface area (Å²) in [6.07, 6.45) is 3.99. The first-order valence-corrected chi connectivity index (χ1v) is 19.1. The lowest BCUT2D eigenvalue weighted by molar-refractivity contribution is 1.10. The zero-order chi connectivity index (χ0) is 37.8. The van der Waals surface area contributed by atoms with E-state index in [4.69, 9.17) is 4.98 Å². The Kier molecular flexibility index (Phi) is 8.04. The Balaban J connectivity index is 1.15. The molecule has 2 nitrogen and oxygen atoms in total. The summed E-state index contributed by atoms with van der Waals surface area (Å²) < 4.78 is 2.26. The third kappa shape index (κ3) is 5.22. The van der Waals surface area contributed by atoms with E-state index in [1.54, 1.807) is 0 Å². The number of fused-ring (bicyclic) bond motifs is 4. The fraction of sp³-hybridized carbons (Fsp3) is 0.0185. The van der Waals surface area contributed by atoms with Crippen LogP contribution in [0.5, 0.6) is 0 Å². The van der Waals surface area contributed by atoms with Crippen molar-refractivity contribution in [1.82, 2.24) is 9.55 Å². The summed E-state index contributed by atoms with van der Waals surface area (Å²) in [6.45, 7) is 11.0. The van der Waals surface area contributed by atoms with E-state index in [1.807, 2.05) is 24.3 Å². The van der Waals surface area contributed by atoms with Gasteiger partial charge in [0, 0.05) is 11.3 Å². The van der Waals surface area contributed by atoms with Crippen molar-refractivity contribution in [2.24, 2.45) is 0 Å². The van der Waals surface area contributed by atoms with Gasteiger partial charge in [-0.05, 0) is 120 Å². The molecule has 2 heteroatoms. The molecule has 0 saturated carbocycles. The fourth-order valence-electron chi connectivity index (χ4n) is 8.86. The van der Waals surface area contributed by atoms with Crippen LogP contribution < -0.4 is 0 Å². The highest BCUT2D eigenvalue weighted by molar-refractivity contribution is 6.16. The van der Waals surface area contributed by atoms with Crippen LogP contribution in [0.15, 0.2) is 189 Å². The van der Waals surface area contributed by atoms with E-state index in [0.717, 1.165) is 66.9 Å². The minimum absolute atomic E-state index is 0.901. The standard InChI is InChI=1S/C54H38N2/c1-4-41-42(5-2)53(38-18-17-19-39(34-38)54-55-49-28-15-16-29-50(49)56(54)40-20-7-6-8-21-40)48-27-14-13-26-47(48)51(41)36-30-32-37(33-31-36)52-45-24-11-9-22-43(45)35(3)44-23-10-12-25-46(44)52/h4-34H,1-2H2,3H3. The van der Waals surface area contributed by atoms with Gasteiger partial charge in [0.25, 0.3) is 0 Å². The number of imidazole rings is 1. The van der Waals surface area contributed by atoms with Gasteiger partial charge in [0.15, 0.2) is 0 Å². The maximum atomic E-state index is 5.18. The molecule has 10 rings (SSSR count). The highest BCUT2D eigenvalue weighted by atomic mass is 15.1. The minimum atomic E-state index is 0.901. The molecule has 0 spiro atoms. The molecule has 0 atom stereocenters. The Morgan fingerprint density at radius 2 is 0.893 bits per heavy atom. The summed E-state index contributed by atoms with van der Waals surface area (Å²) in [5, 5.41) is 7.46. The SMILES string of the molecule is C=Cc1c(C=C)c(-c2cccc(-c3nc4ccccc4n3-c3ccccc3)c2)c2ccccc2c1-c1ccc(-c2c3ccccc3c(C)c3ccccc23)cc1. The molecule has 0 saturated heterocycles. The van der Waals surface area contributed by atoms with E-state index in [1.165, 1.54) is 43.6 Å². The summed E-state index contributed by atoms with van der Waals surface area (Å²) in [5.41, 5.74) is 14.6. The van der Waals surface area contributed by atoms with Crippen LogP contribution in [0.25, 0.3) is 106 Å². The first-order valence-electron chi connectivity index (χ1n) is 19.1. The van der Waals surface area contributed by atoms with Gasteiger partial charge in [-0.15, -0.1) is 0 Å². The summed E-state index contributed by atoms with van der Waals surface area (Å²) in [6, 6.07) is 63.0. The van der Waals surface area contributed by atoms with Crippen LogP contribution in [0.3, 0.4) is 0 Å². The smallest absolute Gasteiger partial charge is 0.145 e. The molecule has 0 fully saturated rings. The Labute approximate surface area is 327 Å². The number of benzene rings is 9. The lowest BCUT2D eigenvalue weighted by Crippen LogP contribution is -1.98. The average Bonchev–Trinajstić information content (AvgIpc) is 3.66. The molecule has 9 aromatic carbocycles. The number of rotatable bonds is 7. The summed E-state index contributed by atoms with van der Waals surface area (Å²) in [4.78, 5) is 5.18. The quantitative estimate of drug-likeness (QED) is 0.150. The van der Waals surface area contributed by atoms with Crippen LogP contribution in [0.2, 0.25) is 0 Å². The number of hydrogen-bond donors (Lipinski definition) is 0. The summed E-state index contributed by atoms with van der Waals surface area (Å²) in [7, 11) is 0. The Hall–Kier alpha value is -7.29. The van der Waals surface area contributed by atoms with E-state index in [-0.39, 0.29) is 0 Å². The second kappa shape index (κ2) is 13.5. The first-order chi connectivity index (χ1) is 27.6. The van der Waals surface area contributed by atoms with Crippen LogP contribution >= 0.6 is 0 Å². The Morgan fingerprint density at radius 3 is 1.48 bits per heavy atom. The second-order valence-electron chi connectivity index (χ2n) is 14.4. The summed E-state index contributed by atoms with van der Waals surface area (Å²) in [5.74, 6) is 0.901. The molecule has 0 aliphatic carbocycles. The maximum absolute atomic E-state index is 5.18. The Morgan fingerprint density at radius 1 is 0.429 bits per heavy atom. The monoisotopic (exact) mass is 714 g/mol. The van der Waals surface area contributed by atoms with Gasteiger partial charge in [0.05, 0.1) is 11.0 Å². The van der Waals surface area contributed by atoms with E-state index in [2.05, 4.69) is 188 Å². The van der Waals surface area contributed by atoms with E-state index < -0.39 is 0 Å². The highest BCUT2D eigenvalue weighted by Crippen LogP contribution is 2.45. The van der Waals surface area contributed by atoms with Crippen molar-refractivity contribution < 1.29 is 0 Å². The molecule has 56 heavy (non-hydrogen) atoms. The average molecular weight is 715 g/mol. The number of nitrogens with zero attached hydrogens (tertiary/aromatic N) is 2. The molecule has 0 amide bonds. The molecule has 264 valence electrons. The maximum Gasteiger partial charge on any atom is 0.145 e. The van der Waals surface area contributed by atoms with Gasteiger partial charge >= 0.3 is 0 Å². The molecular weight excluding hydrogens is 677 g/mol. The topological polar surface area (TPSA) is 17.8 Å². The highest BCUT2D eigenvalue weighted by Gasteiger charge is 2.21. The molecule has 1 aromatic heterocycles. The van der Waals surface area contributed by atoms with Gasteiger partial charge in [0.1, 0.15) is 5.82 Å². The van der Waals surface area contributed by atoms with E-state index in [9.17, 15) is 0 Å². The van der Waals surface area contributed by atoms with Crippen LogP contribution in [0, 0.1) is 6.92 Å². The van der Waals surface area contributed by atoms with Crippen LogP contribution in [-0.2, 0) is 0 Å². The van der Waals surface area contributed by atoms with Crippen molar-refractivity contribution in [3.63, 3.8) is 0 Å². The zero-order valence-electron chi connectivity index (χ0n) is 31.2. The first kappa shape index (κ1) is 33.3. The molecule has 0 unspecified atom stereocenters. The zero-order valence-corrected chi connectivity index (χ0v) is 31.2. The third-order valence-electron chi connectivity index (χ3n) is 11.4. The molecule has 0 aliphatic rings. The van der Waals surface area contributed by atoms with Gasteiger partial charge in [-0.25, -0.2) is 4.98 Å². The van der Waals surface area contributed by atoms with Crippen LogP contribution in [0.4, 0.5) is 0 Å². The van der Waals surface area contributed by atoms with Gasteiger partial charge < -0.3 is 0 Å². The van der Waals surface area contributed by atoms with Crippen molar-refractivity contribution in [3.05, 3.63) is 206 Å². The van der Waals surface area contributed by atoms with E-state index in [0.29, 0.717) is 0 Å². The van der Waals surface area contributed by atoms with Crippen LogP contribution in [0.1, 0.15) is 16.7 Å². The predicted molar refractivity (Wildman–Crippen MR) is 240 cm³/mol. The largest absolute Gasteiger partial charge is 0.292 e. The van der Waals surface area contributed by atoms with Gasteiger partial charge in [-0.2, -0.15) is 0 Å². The lowest BCUT2D eigenvalue weighted by atomic mass is 9.82. The summed E-state index contributed by atoms with van der Waals surface area (Å²) >= 11 is 0. The third-order valence-corrected chi connectivity index (χ3v) is 11.4. The Bertz CT molecular complexity index is 3110. The second-order valence-corrected chi connectivity index (χ2v) is 14.4. The van der Waals surface area contributed by atoms with E-state index >= 15 is 0 Å². The lowest BCUT2D eigenvalue weighted by Gasteiger charge is -2.21. The number of hydrogen-bond acceptors (Lipinski definition) is 1. The molecule has 1 heterocycles. The molecule has 0 aliphatic heterocycles. The predicted octanol–water partition coefficient (Wildman–Crippen LogP) is 14.7. The molecule has 0 bridgehead atoms. The molecule has 0 N–H and O–H groups in total. The number of para-hydroxylation sites is 3. The van der Waals surface area contributed by atoms with Crippen LogP contribution in [-0.4, -0.2) is 9.55 Å². The fourth-order valence-corrected chi connectivity index (χ4v) is 8.86. The van der Waals surface area contributed by atoms with Gasteiger partial charge in [0.2, 0.25) is 0 Å².